The van der Waals surface area contributed by atoms with Gasteiger partial charge in [0.15, 0.2) is 5.78 Å². The van der Waals surface area contributed by atoms with Crippen molar-refractivity contribution in [1.29, 1.82) is 0 Å². The Hall–Kier alpha value is -6.31. The summed E-state index contributed by atoms with van der Waals surface area (Å²) in [4.78, 5) is 30.2. The van der Waals surface area contributed by atoms with E-state index in [-0.39, 0.29) is 32.9 Å². The summed E-state index contributed by atoms with van der Waals surface area (Å²) in [5, 5.41) is 9.41. The maximum Gasteiger partial charge on any atom is 0.262 e. The van der Waals surface area contributed by atoms with Crippen molar-refractivity contribution >= 4 is 67.8 Å². The quantitative estimate of drug-likeness (QED) is 0.110. The number of ketones is 1. The first-order chi connectivity index (χ1) is 38.4. The Morgan fingerprint density at radius 2 is 0.790 bits per heavy atom. The molecule has 0 radical (unpaired) electrons. The second-order valence-electron chi connectivity index (χ2n) is 25.2. The van der Waals surface area contributed by atoms with Crippen LogP contribution in [0.4, 0.5) is 0 Å². The molecule has 7 rings (SSSR count). The molecule has 1 aliphatic rings. The molecule has 1 amide bonds. The maximum atomic E-state index is 15.1. The summed E-state index contributed by atoms with van der Waals surface area (Å²) in [6.07, 6.45) is 14.4. The molecule has 6 aromatic carbocycles. The number of Topliss-reactive ketones (excluding diaryl/α,β-unsaturated/α-hetero) is 1. The number of allylic oxidation sites excluding steroid dienone is 5. The summed E-state index contributed by atoms with van der Waals surface area (Å²) in [6.45, 7) is 30.3. The molecule has 0 unspecified atom stereocenters. The van der Waals surface area contributed by atoms with Crippen LogP contribution in [0.2, 0.25) is 15.1 Å². The standard InChI is InChI=1S/C72H89NO5Si3/c1-54-45-49-59(77-80(71(9,10)11,63-37-25-17-26-38-63)64-39-27-18-28-40-64)51-47-55(2)53-67(73-69(75)58(5)76-79(70(6,7)8,61-33-21-15-22-34-61)62-35-23-16-24-36-62)57(4)68(74)56(3)48-52-60(50-46-54)78-81(72(12,13)14,65-41-29-19-30-42-65)66-43-31-20-32-44-66/h15-48,50-51,53,57-60,67H,49,52H2,1-14H3,(H,73,75)/b50-46+,51-47+,54-45+,55-53+,56-48+/t57-,58-,59-,60+,67+/m0/s1. The second kappa shape index (κ2) is 26.7. The lowest BCUT2D eigenvalue weighted by Gasteiger charge is -2.44. The van der Waals surface area contributed by atoms with Crippen LogP contribution < -0.4 is 36.4 Å². The Labute approximate surface area is 489 Å². The number of amides is 1. The Bertz CT molecular complexity index is 3040. The first-order valence-electron chi connectivity index (χ1n) is 29.0. The van der Waals surface area contributed by atoms with Crippen LogP contribution >= 0.6 is 0 Å². The summed E-state index contributed by atoms with van der Waals surface area (Å²) < 4.78 is 23.1. The molecule has 424 valence electrons. The fraction of sp³-hybridized carbons (Fsp3) is 0.333. The molecule has 0 bridgehead atoms. The van der Waals surface area contributed by atoms with E-state index in [2.05, 4.69) is 251 Å². The average molecular weight is 1130 g/mol. The Balaban J connectivity index is 1.37. The van der Waals surface area contributed by atoms with Crippen LogP contribution in [-0.4, -0.2) is 61.0 Å². The van der Waals surface area contributed by atoms with Gasteiger partial charge in [0, 0.05) is 5.92 Å². The van der Waals surface area contributed by atoms with Crippen molar-refractivity contribution in [1.82, 2.24) is 5.32 Å². The molecule has 1 aliphatic carbocycles. The third-order valence-corrected chi connectivity index (χ3v) is 31.4. The largest absolute Gasteiger partial charge is 0.401 e. The summed E-state index contributed by atoms with van der Waals surface area (Å²) in [5.74, 6) is -0.995. The van der Waals surface area contributed by atoms with Crippen molar-refractivity contribution in [2.45, 2.75) is 149 Å². The van der Waals surface area contributed by atoms with E-state index in [4.69, 9.17) is 13.3 Å². The summed E-state index contributed by atoms with van der Waals surface area (Å²) >= 11 is 0. The topological polar surface area (TPSA) is 73.9 Å². The molecule has 81 heavy (non-hydrogen) atoms. The van der Waals surface area contributed by atoms with E-state index in [9.17, 15) is 0 Å². The fourth-order valence-electron chi connectivity index (χ4n) is 11.9. The zero-order chi connectivity index (χ0) is 58.6. The van der Waals surface area contributed by atoms with E-state index in [0.29, 0.717) is 18.4 Å². The molecule has 0 saturated carbocycles. The molecule has 0 aromatic heterocycles. The zero-order valence-corrected chi connectivity index (χ0v) is 53.7. The normalized spacial score (nSPS) is 21.7. The van der Waals surface area contributed by atoms with E-state index >= 15 is 9.59 Å². The van der Waals surface area contributed by atoms with Gasteiger partial charge in [-0.3, -0.25) is 9.59 Å². The molecule has 0 fully saturated rings. The molecular weight excluding hydrogens is 1040 g/mol. The van der Waals surface area contributed by atoms with E-state index in [1.165, 1.54) is 20.7 Å². The van der Waals surface area contributed by atoms with Crippen LogP contribution in [0.3, 0.4) is 0 Å². The van der Waals surface area contributed by atoms with Crippen molar-refractivity contribution in [3.05, 3.63) is 241 Å². The van der Waals surface area contributed by atoms with Gasteiger partial charge < -0.3 is 18.6 Å². The lowest BCUT2D eigenvalue weighted by Crippen LogP contribution is -2.68. The van der Waals surface area contributed by atoms with Crippen molar-refractivity contribution in [2.75, 3.05) is 0 Å². The number of benzene rings is 6. The van der Waals surface area contributed by atoms with E-state index in [1.54, 1.807) is 0 Å². The highest BCUT2D eigenvalue weighted by atomic mass is 28.4. The lowest BCUT2D eigenvalue weighted by atomic mass is 9.90. The summed E-state index contributed by atoms with van der Waals surface area (Å²) in [5.41, 5.74) is 2.58. The van der Waals surface area contributed by atoms with Crippen LogP contribution in [0.15, 0.2) is 241 Å². The summed E-state index contributed by atoms with van der Waals surface area (Å²) in [6, 6.07) is 63.0. The van der Waals surface area contributed by atoms with Gasteiger partial charge in [-0.25, -0.2) is 0 Å². The molecule has 0 aliphatic heterocycles. The van der Waals surface area contributed by atoms with E-state index in [0.717, 1.165) is 21.5 Å². The minimum Gasteiger partial charge on any atom is -0.401 e. The Morgan fingerprint density at radius 1 is 0.481 bits per heavy atom. The molecule has 5 atom stereocenters. The highest BCUT2D eigenvalue weighted by Crippen LogP contribution is 2.41. The molecule has 0 heterocycles. The van der Waals surface area contributed by atoms with Gasteiger partial charge >= 0.3 is 0 Å². The lowest BCUT2D eigenvalue weighted by molar-refractivity contribution is -0.128. The van der Waals surface area contributed by atoms with Gasteiger partial charge in [0.1, 0.15) is 6.10 Å². The SMILES string of the molecule is CC1=C\C[C@H](O[Si](c2ccccc2)(c2ccccc2)C(C)(C)C)/C=C/C(C)=C/[C@@H](NC(=O)[C@H](C)O[Si](c2ccccc2)(c2ccccc2)C(C)(C)C)[C@H](C)C(=O)/C(C)=C/C[C@H](O[Si](c2ccccc2)(c2ccccc2)C(C)(C)C)\C=C\1. The number of carbonyl (C=O) groups excluding carboxylic acids is 2. The van der Waals surface area contributed by atoms with Gasteiger partial charge in [0.2, 0.25) is 5.91 Å². The predicted octanol–water partition coefficient (Wildman–Crippen LogP) is 13.3. The highest BCUT2D eigenvalue weighted by molar-refractivity contribution is 7.00. The van der Waals surface area contributed by atoms with Gasteiger partial charge in [-0.1, -0.05) is 305 Å². The number of hydrogen-bond donors (Lipinski definition) is 1. The van der Waals surface area contributed by atoms with Crippen LogP contribution in [0.25, 0.3) is 0 Å². The number of carbonyl (C=O) groups is 2. The molecule has 6 nitrogen and oxygen atoms in total. The minimum atomic E-state index is -3.13. The van der Waals surface area contributed by atoms with Gasteiger partial charge in [-0.2, -0.15) is 0 Å². The van der Waals surface area contributed by atoms with Crippen LogP contribution in [0, 0.1) is 5.92 Å². The van der Waals surface area contributed by atoms with Crippen molar-refractivity contribution < 1.29 is 22.9 Å². The second-order valence-corrected chi connectivity index (χ2v) is 37.9. The van der Waals surface area contributed by atoms with Crippen LogP contribution in [-0.2, 0) is 22.9 Å². The van der Waals surface area contributed by atoms with Crippen LogP contribution in [0.5, 0.6) is 0 Å². The maximum absolute atomic E-state index is 15.1. The van der Waals surface area contributed by atoms with Crippen molar-refractivity contribution in [3.8, 4) is 0 Å². The average Bonchev–Trinajstić information content (AvgIpc) is 2.78. The number of hydrogen-bond acceptors (Lipinski definition) is 5. The highest BCUT2D eigenvalue weighted by Gasteiger charge is 2.54. The Kier molecular flexibility index (Phi) is 20.6. The molecule has 1 N–H and O–H groups in total. The zero-order valence-electron chi connectivity index (χ0n) is 50.7. The molecule has 6 aromatic rings. The molecule has 0 saturated heterocycles. The molecular formula is C72H89NO5Si3. The van der Waals surface area contributed by atoms with Gasteiger partial charge in [0.25, 0.3) is 25.0 Å². The van der Waals surface area contributed by atoms with E-state index < -0.39 is 49.1 Å². The first-order valence-corrected chi connectivity index (χ1v) is 34.8. The van der Waals surface area contributed by atoms with Crippen molar-refractivity contribution in [3.63, 3.8) is 0 Å². The molecule has 9 heteroatoms. The minimum absolute atomic E-state index is 0.0599. The number of nitrogens with one attached hydrogen (secondary N) is 1. The van der Waals surface area contributed by atoms with Crippen molar-refractivity contribution in [2.24, 2.45) is 5.92 Å². The molecule has 0 spiro atoms. The van der Waals surface area contributed by atoms with Gasteiger partial charge in [0.05, 0.1) is 18.2 Å². The third kappa shape index (κ3) is 14.1. The Morgan fingerprint density at radius 3 is 1.12 bits per heavy atom. The summed E-state index contributed by atoms with van der Waals surface area (Å²) in [7, 11) is -9.23. The predicted molar refractivity (Wildman–Crippen MR) is 348 cm³/mol. The van der Waals surface area contributed by atoms with Crippen LogP contribution in [0.1, 0.15) is 110 Å². The third-order valence-electron chi connectivity index (χ3n) is 16.2. The smallest absolute Gasteiger partial charge is 0.262 e. The number of rotatable bonds is 14. The van der Waals surface area contributed by atoms with Gasteiger partial charge in [-0.05, 0) is 92.3 Å². The fourth-order valence-corrected chi connectivity index (χ4v) is 25.9. The van der Waals surface area contributed by atoms with Gasteiger partial charge in [-0.15, -0.1) is 0 Å². The monoisotopic (exact) mass is 1130 g/mol. The van der Waals surface area contributed by atoms with E-state index in [1.807, 2.05) is 76.2 Å². The first kappa shape index (κ1) is 62.3.